The molecule has 2 amide bonds. The molecule has 90 heavy (non-hydrogen) atoms. The number of nitrogens with zero attached hydrogens (tertiary/aromatic N) is 7. The van der Waals surface area contributed by atoms with Crippen LogP contribution in [0.5, 0.6) is 0 Å². The minimum Gasteiger partial charge on any atom is -0.455 e. The smallest absolute Gasteiger partial charge is 0.255 e. The second-order valence-corrected chi connectivity index (χ2v) is 26.9. The van der Waals surface area contributed by atoms with Crippen molar-refractivity contribution in [2.24, 2.45) is 0 Å². The predicted molar refractivity (Wildman–Crippen MR) is 339 cm³/mol. The van der Waals surface area contributed by atoms with Gasteiger partial charge in [-0.05, 0) is 135 Å². The summed E-state index contributed by atoms with van der Waals surface area (Å²) < 4.78 is 127. The topological polar surface area (TPSA) is 208 Å². The number of furan rings is 2. The van der Waals surface area contributed by atoms with E-state index in [0.717, 1.165) is 60.2 Å². The number of carbonyl (C=O) groups is 2. The van der Waals surface area contributed by atoms with Crippen molar-refractivity contribution >= 4 is 87.0 Å². The maximum absolute atomic E-state index is 15.0. The number of rotatable bonds is 10. The lowest BCUT2D eigenvalue weighted by atomic mass is 9.86. The van der Waals surface area contributed by atoms with Gasteiger partial charge in [-0.25, -0.2) is 44.4 Å². The number of fused-ring (bicyclic) bond motifs is 12. The van der Waals surface area contributed by atoms with Gasteiger partial charge in [-0.2, -0.15) is 0 Å². The second-order valence-electron chi connectivity index (χ2n) is 22.9. The second kappa shape index (κ2) is 21.6. The highest BCUT2D eigenvalue weighted by atomic mass is 32.2. The first-order valence-corrected chi connectivity index (χ1v) is 32.0. The Morgan fingerprint density at radius 3 is 1.63 bits per heavy atom. The molecule has 0 saturated heterocycles. The Kier molecular flexibility index (Phi) is 14.1. The Morgan fingerprint density at radius 2 is 1.09 bits per heavy atom. The van der Waals surface area contributed by atoms with Crippen molar-refractivity contribution in [3.8, 4) is 67.9 Å². The van der Waals surface area contributed by atoms with E-state index in [1.165, 1.54) is 94.9 Å². The third-order valence-corrected chi connectivity index (χ3v) is 19.2. The number of aromatic nitrogens is 5. The summed E-state index contributed by atoms with van der Waals surface area (Å²) >= 11 is 0. The third kappa shape index (κ3) is 9.87. The molecule has 0 radical (unpaired) electrons. The lowest BCUT2D eigenvalue weighted by molar-refractivity contribution is 0.0956. The molecule has 0 bridgehead atoms. The number of benzene rings is 6. The number of nitrogens with one attached hydrogen (secondary N) is 2. The molecule has 8 heterocycles. The van der Waals surface area contributed by atoms with E-state index < -0.39 is 43.5 Å². The molecular formula is C67H55F4N9O8S2. The van der Waals surface area contributed by atoms with Gasteiger partial charge >= 0.3 is 0 Å². The van der Waals surface area contributed by atoms with E-state index in [0.29, 0.717) is 74.6 Å². The average molecular weight is 1250 g/mol. The van der Waals surface area contributed by atoms with E-state index in [1.807, 2.05) is 28.8 Å². The van der Waals surface area contributed by atoms with E-state index in [2.05, 4.69) is 34.0 Å². The number of aryl methyl sites for hydroxylation is 2. The van der Waals surface area contributed by atoms with Crippen molar-refractivity contribution in [2.45, 2.75) is 38.8 Å². The number of hydrogen-bond acceptors (Lipinski definition) is 11. The van der Waals surface area contributed by atoms with Gasteiger partial charge in [0.2, 0.25) is 20.0 Å². The summed E-state index contributed by atoms with van der Waals surface area (Å²) in [5, 5.41) is 7.09. The van der Waals surface area contributed by atoms with Crippen LogP contribution in [0.3, 0.4) is 0 Å². The number of halogens is 4. The molecule has 2 aliphatic heterocycles. The van der Waals surface area contributed by atoms with Crippen LogP contribution in [0.25, 0.3) is 112 Å². The fourth-order valence-corrected chi connectivity index (χ4v) is 13.3. The quantitative estimate of drug-likeness (QED) is 0.123. The van der Waals surface area contributed by atoms with Gasteiger partial charge in [0, 0.05) is 120 Å². The van der Waals surface area contributed by atoms with E-state index in [-0.39, 0.29) is 68.2 Å². The van der Waals surface area contributed by atoms with Crippen LogP contribution in [0.1, 0.15) is 45.7 Å². The van der Waals surface area contributed by atoms with Gasteiger partial charge in [-0.15, -0.1) is 0 Å². The van der Waals surface area contributed by atoms with Crippen molar-refractivity contribution in [1.29, 1.82) is 0 Å². The molecule has 23 heteroatoms. The number of hydrogen-bond donors (Lipinski definition) is 2. The Balaban J connectivity index is 0.000000165. The summed E-state index contributed by atoms with van der Waals surface area (Å²) in [7, 11) is -1.68. The molecule has 0 spiro atoms. The zero-order chi connectivity index (χ0) is 63.6. The number of carbonyl (C=O) groups excluding carboxylic acids is 2. The fourth-order valence-electron chi connectivity index (χ4n) is 12.3. The Labute approximate surface area is 513 Å². The zero-order valence-electron chi connectivity index (χ0n) is 49.6. The van der Waals surface area contributed by atoms with Crippen LogP contribution in [0.15, 0.2) is 149 Å². The standard InChI is InChI=1S/C35H30F2N4O4S.C32H25F2N5O4S/c1-35(2)17-20-18-39-27(14-22(20)30-15-23-26(37)7-6-8-28(23)41(30)35)24-13-25-31(16-29(24)40(4)46(5,43)44)45-33(32(25)34(42)38-3)19-9-11-21(36)12-10-19;1-35-32(40)28-22-13-21(25(38(2)44(3,41)42)15-27(22)43-30(28)17-7-9-19(33)10-8-17)31-36-16-18-11-12-39-24-6-4-5-23(34)20(24)14-26(39)29(18)37-31/h6-16,18H,17H2,1-5H3,(H,38,42);4-10,13-16H,11-12H2,1-3H3,(H,35,40). The molecule has 0 unspecified atom stereocenters. The molecule has 6 aromatic heterocycles. The van der Waals surface area contributed by atoms with Gasteiger partial charge < -0.3 is 28.6 Å². The fraction of sp³-hybridized carbons (Fsp3) is 0.179. The highest BCUT2D eigenvalue weighted by molar-refractivity contribution is 7.92. The summed E-state index contributed by atoms with van der Waals surface area (Å²) in [6.07, 6.45) is 6.91. The van der Waals surface area contributed by atoms with Gasteiger partial charge in [0.1, 0.15) is 46.0 Å². The van der Waals surface area contributed by atoms with Crippen LogP contribution in [0.2, 0.25) is 0 Å². The maximum Gasteiger partial charge on any atom is 0.255 e. The largest absolute Gasteiger partial charge is 0.455 e. The summed E-state index contributed by atoms with van der Waals surface area (Å²) in [6, 6.07) is 33.0. The lowest BCUT2D eigenvalue weighted by Crippen LogP contribution is -2.33. The minimum atomic E-state index is -3.75. The van der Waals surface area contributed by atoms with E-state index in [1.54, 1.807) is 48.8 Å². The first-order chi connectivity index (χ1) is 42.8. The summed E-state index contributed by atoms with van der Waals surface area (Å²) in [6.45, 7) is 4.83. The first-order valence-electron chi connectivity index (χ1n) is 28.3. The van der Waals surface area contributed by atoms with Crippen molar-refractivity contribution in [1.82, 2.24) is 34.7 Å². The van der Waals surface area contributed by atoms with Crippen molar-refractivity contribution in [3.63, 3.8) is 0 Å². The molecule has 6 aromatic carbocycles. The highest BCUT2D eigenvalue weighted by Crippen LogP contribution is 2.47. The Hall–Kier alpha value is -10.1. The SMILES string of the molecule is CNC(=O)c1c(-c2ccc(F)cc2)oc2cc(N(C)S(C)(=O)=O)c(-c3cc4c(cn3)CC(C)(C)n3c-4cc4c(F)cccc43)cc12.CNC(=O)c1c(-c2ccc(F)cc2)oc2cc(N(C)S(C)(=O)=O)c(-c3ncc4c(n3)-c3cc5c(F)cccc5n3CC4)cc12. The van der Waals surface area contributed by atoms with E-state index in [9.17, 15) is 44.0 Å². The van der Waals surface area contributed by atoms with Gasteiger partial charge in [0.05, 0.1) is 68.8 Å². The molecule has 17 nitrogen and oxygen atoms in total. The zero-order valence-corrected chi connectivity index (χ0v) is 51.3. The highest BCUT2D eigenvalue weighted by Gasteiger charge is 2.35. The molecule has 0 aliphatic carbocycles. The number of sulfonamides is 2. The molecule has 12 aromatic rings. The van der Waals surface area contributed by atoms with Gasteiger partial charge in [0.25, 0.3) is 11.8 Å². The maximum atomic E-state index is 15.0. The first kappa shape index (κ1) is 58.9. The molecule has 14 rings (SSSR count). The summed E-state index contributed by atoms with van der Waals surface area (Å²) in [5.74, 6) is -1.79. The van der Waals surface area contributed by atoms with Crippen LogP contribution < -0.4 is 19.2 Å². The lowest BCUT2D eigenvalue weighted by Gasteiger charge is -2.36. The molecule has 0 atom stereocenters. The number of pyridine rings is 1. The number of anilines is 2. The third-order valence-electron chi connectivity index (χ3n) is 16.8. The molecule has 0 saturated carbocycles. The Morgan fingerprint density at radius 1 is 0.589 bits per heavy atom. The molecule has 456 valence electrons. The van der Waals surface area contributed by atoms with Crippen LogP contribution in [-0.4, -0.2) is 93.4 Å². The monoisotopic (exact) mass is 1250 g/mol. The van der Waals surface area contributed by atoms with E-state index in [4.69, 9.17) is 18.8 Å². The molecular weight excluding hydrogens is 1200 g/mol. The average Bonchev–Trinajstić information content (AvgIpc) is 1.49. The van der Waals surface area contributed by atoms with Crippen LogP contribution in [0.4, 0.5) is 28.9 Å². The van der Waals surface area contributed by atoms with Crippen LogP contribution in [0, 0.1) is 23.3 Å². The van der Waals surface area contributed by atoms with Gasteiger partial charge in [-0.1, -0.05) is 12.1 Å². The molecule has 0 fully saturated rings. The van der Waals surface area contributed by atoms with E-state index >= 15 is 0 Å². The van der Waals surface area contributed by atoms with Crippen molar-refractivity contribution in [2.75, 3.05) is 49.3 Å². The van der Waals surface area contributed by atoms with Crippen molar-refractivity contribution in [3.05, 3.63) is 185 Å². The molecule has 2 aliphatic rings. The van der Waals surface area contributed by atoms with Gasteiger partial charge in [-0.3, -0.25) is 23.2 Å². The van der Waals surface area contributed by atoms with Crippen LogP contribution in [-0.2, 0) is 45.0 Å². The van der Waals surface area contributed by atoms with Crippen molar-refractivity contribution < 1.29 is 52.8 Å². The predicted octanol–water partition coefficient (Wildman–Crippen LogP) is 12.9. The minimum absolute atomic E-state index is 0.192. The van der Waals surface area contributed by atoms with Gasteiger partial charge in [0.15, 0.2) is 5.82 Å². The van der Waals surface area contributed by atoms with Crippen LogP contribution >= 0.6 is 0 Å². The number of amides is 2. The normalized spacial score (nSPS) is 13.3. The molecule has 2 N–H and O–H groups in total. The summed E-state index contributed by atoms with van der Waals surface area (Å²) in [5.41, 5.74) is 9.62. The Bertz CT molecular complexity index is 5250. The summed E-state index contributed by atoms with van der Waals surface area (Å²) in [4.78, 5) is 40.8.